The maximum atomic E-state index is 12.2. The van der Waals surface area contributed by atoms with Gasteiger partial charge in [-0.2, -0.15) is 0 Å². The van der Waals surface area contributed by atoms with Gasteiger partial charge in [0, 0.05) is 19.5 Å². The van der Waals surface area contributed by atoms with E-state index in [0.717, 1.165) is 32.4 Å². The zero-order valence-corrected chi connectivity index (χ0v) is 12.5. The molecule has 1 aliphatic heterocycles. The molecule has 1 unspecified atom stereocenters. The number of aryl methyl sites for hydroxylation is 2. The second-order valence-electron chi connectivity index (χ2n) is 5.94. The number of hydrogen-bond donors (Lipinski definition) is 1. The van der Waals surface area contributed by atoms with E-state index in [1.165, 1.54) is 11.1 Å². The summed E-state index contributed by atoms with van der Waals surface area (Å²) in [5.41, 5.74) is 2.48. The van der Waals surface area contributed by atoms with Gasteiger partial charge in [0.15, 0.2) is 0 Å². The first-order chi connectivity index (χ1) is 9.56. The molecule has 1 aromatic rings. The molecule has 0 spiro atoms. The van der Waals surface area contributed by atoms with Crippen LogP contribution in [0.4, 0.5) is 0 Å². The van der Waals surface area contributed by atoms with Gasteiger partial charge in [0.25, 0.3) is 0 Å². The van der Waals surface area contributed by atoms with Gasteiger partial charge in [-0.1, -0.05) is 29.8 Å². The number of carbonyl (C=O) groups is 1. The first kappa shape index (κ1) is 15.0. The molecule has 0 saturated carbocycles. The first-order valence-electron chi connectivity index (χ1n) is 7.57. The maximum Gasteiger partial charge on any atom is 0.222 e. The van der Waals surface area contributed by atoms with E-state index in [-0.39, 0.29) is 12.0 Å². The van der Waals surface area contributed by atoms with Crippen LogP contribution in [0.25, 0.3) is 0 Å². The second-order valence-corrected chi connectivity index (χ2v) is 5.94. The summed E-state index contributed by atoms with van der Waals surface area (Å²) in [4.78, 5) is 14.1. The summed E-state index contributed by atoms with van der Waals surface area (Å²) in [6.07, 6.45) is 3.00. The van der Waals surface area contributed by atoms with Crippen LogP contribution in [0.15, 0.2) is 24.3 Å². The molecule has 1 fully saturated rings. The van der Waals surface area contributed by atoms with E-state index in [2.05, 4.69) is 31.2 Å². The molecule has 1 saturated heterocycles. The predicted molar refractivity (Wildman–Crippen MR) is 80.5 cm³/mol. The Balaban J connectivity index is 1.77. The van der Waals surface area contributed by atoms with Gasteiger partial charge in [-0.05, 0) is 44.6 Å². The molecule has 0 radical (unpaired) electrons. The van der Waals surface area contributed by atoms with Crippen molar-refractivity contribution in [3.05, 3.63) is 35.4 Å². The molecule has 1 heterocycles. The standard InChI is InChI=1S/C17H25NO2/c1-13-3-5-15(6-4-13)7-8-17(20)18-11-9-16(10-12-18)14(2)19/h3-6,14,16,19H,7-12H2,1-2H3. The maximum absolute atomic E-state index is 12.2. The lowest BCUT2D eigenvalue weighted by molar-refractivity contribution is -0.133. The number of amides is 1. The fraction of sp³-hybridized carbons (Fsp3) is 0.588. The van der Waals surface area contributed by atoms with Gasteiger partial charge >= 0.3 is 0 Å². The fourth-order valence-electron chi connectivity index (χ4n) is 2.80. The molecular weight excluding hydrogens is 250 g/mol. The minimum atomic E-state index is -0.250. The molecule has 0 aromatic heterocycles. The summed E-state index contributed by atoms with van der Waals surface area (Å²) in [5, 5.41) is 9.57. The van der Waals surface area contributed by atoms with Crippen molar-refractivity contribution < 1.29 is 9.90 Å². The van der Waals surface area contributed by atoms with E-state index in [1.54, 1.807) is 0 Å². The van der Waals surface area contributed by atoms with E-state index in [1.807, 2.05) is 11.8 Å². The molecular formula is C17H25NO2. The lowest BCUT2D eigenvalue weighted by Crippen LogP contribution is -2.40. The Kier molecular flexibility index (Phi) is 5.18. The minimum absolute atomic E-state index is 0.245. The molecule has 1 aliphatic rings. The third kappa shape index (κ3) is 4.07. The number of carbonyl (C=O) groups excluding carboxylic acids is 1. The molecule has 0 bridgehead atoms. The second kappa shape index (κ2) is 6.89. The number of piperidine rings is 1. The summed E-state index contributed by atoms with van der Waals surface area (Å²) in [6, 6.07) is 8.38. The highest BCUT2D eigenvalue weighted by atomic mass is 16.3. The molecule has 20 heavy (non-hydrogen) atoms. The normalized spacial score (nSPS) is 18.1. The summed E-state index contributed by atoms with van der Waals surface area (Å²) < 4.78 is 0. The van der Waals surface area contributed by atoms with Gasteiger partial charge in [-0.25, -0.2) is 0 Å². The highest BCUT2D eigenvalue weighted by Crippen LogP contribution is 2.21. The van der Waals surface area contributed by atoms with Gasteiger partial charge in [0.2, 0.25) is 5.91 Å². The topological polar surface area (TPSA) is 40.5 Å². The molecule has 3 nitrogen and oxygen atoms in total. The van der Waals surface area contributed by atoms with Crippen molar-refractivity contribution in [2.45, 2.75) is 45.6 Å². The quantitative estimate of drug-likeness (QED) is 0.917. The van der Waals surface area contributed by atoms with Gasteiger partial charge in [0.1, 0.15) is 0 Å². The van der Waals surface area contributed by atoms with Crippen LogP contribution in [0.5, 0.6) is 0 Å². The van der Waals surface area contributed by atoms with Crippen LogP contribution in [-0.4, -0.2) is 35.1 Å². The molecule has 2 rings (SSSR count). The SMILES string of the molecule is Cc1ccc(CCC(=O)N2CCC(C(C)O)CC2)cc1. The Morgan fingerprint density at radius 2 is 1.90 bits per heavy atom. The van der Waals surface area contributed by atoms with Crippen molar-refractivity contribution in [2.75, 3.05) is 13.1 Å². The van der Waals surface area contributed by atoms with E-state index < -0.39 is 0 Å². The number of benzene rings is 1. The van der Waals surface area contributed by atoms with E-state index in [9.17, 15) is 9.90 Å². The van der Waals surface area contributed by atoms with Gasteiger partial charge < -0.3 is 10.0 Å². The molecule has 3 heteroatoms. The van der Waals surface area contributed by atoms with E-state index >= 15 is 0 Å². The van der Waals surface area contributed by atoms with Crippen LogP contribution in [0, 0.1) is 12.8 Å². The Morgan fingerprint density at radius 3 is 2.45 bits per heavy atom. The molecule has 110 valence electrons. The molecule has 1 atom stereocenters. The average molecular weight is 275 g/mol. The predicted octanol–water partition coefficient (Wildman–Crippen LogP) is 2.55. The van der Waals surface area contributed by atoms with Crippen LogP contribution in [0.2, 0.25) is 0 Å². The van der Waals surface area contributed by atoms with Crippen molar-refractivity contribution in [3.63, 3.8) is 0 Å². The lowest BCUT2D eigenvalue weighted by Gasteiger charge is -2.33. The van der Waals surface area contributed by atoms with Crippen molar-refractivity contribution >= 4 is 5.91 Å². The van der Waals surface area contributed by atoms with Crippen LogP contribution in [-0.2, 0) is 11.2 Å². The minimum Gasteiger partial charge on any atom is -0.393 e. The smallest absolute Gasteiger partial charge is 0.222 e. The fourth-order valence-corrected chi connectivity index (χ4v) is 2.80. The number of aliphatic hydroxyl groups excluding tert-OH is 1. The monoisotopic (exact) mass is 275 g/mol. The van der Waals surface area contributed by atoms with E-state index in [4.69, 9.17) is 0 Å². The van der Waals surface area contributed by atoms with Gasteiger partial charge in [-0.3, -0.25) is 4.79 Å². The van der Waals surface area contributed by atoms with Crippen LogP contribution in [0.1, 0.15) is 37.3 Å². The highest BCUT2D eigenvalue weighted by Gasteiger charge is 2.24. The van der Waals surface area contributed by atoms with Crippen LogP contribution >= 0.6 is 0 Å². The Bertz CT molecular complexity index is 431. The zero-order chi connectivity index (χ0) is 14.5. The zero-order valence-electron chi connectivity index (χ0n) is 12.5. The third-order valence-corrected chi connectivity index (χ3v) is 4.32. The lowest BCUT2D eigenvalue weighted by atomic mass is 9.92. The Labute approximate surface area is 121 Å². The number of hydrogen-bond acceptors (Lipinski definition) is 2. The summed E-state index contributed by atoms with van der Waals surface area (Å²) in [7, 11) is 0. The van der Waals surface area contributed by atoms with Crippen molar-refractivity contribution in [2.24, 2.45) is 5.92 Å². The molecule has 1 amide bonds. The number of nitrogens with zero attached hydrogens (tertiary/aromatic N) is 1. The average Bonchev–Trinajstić information content (AvgIpc) is 2.46. The highest BCUT2D eigenvalue weighted by molar-refractivity contribution is 5.76. The first-order valence-corrected chi connectivity index (χ1v) is 7.57. The summed E-state index contributed by atoms with van der Waals surface area (Å²) in [5.74, 6) is 0.603. The molecule has 1 aromatic carbocycles. The van der Waals surface area contributed by atoms with Crippen molar-refractivity contribution in [1.82, 2.24) is 4.90 Å². The van der Waals surface area contributed by atoms with Gasteiger partial charge in [-0.15, -0.1) is 0 Å². The number of rotatable bonds is 4. The summed E-state index contributed by atoms with van der Waals surface area (Å²) >= 11 is 0. The molecule has 0 aliphatic carbocycles. The van der Waals surface area contributed by atoms with E-state index in [0.29, 0.717) is 12.3 Å². The van der Waals surface area contributed by atoms with Crippen molar-refractivity contribution in [3.8, 4) is 0 Å². The Hall–Kier alpha value is -1.35. The number of aliphatic hydroxyl groups is 1. The van der Waals surface area contributed by atoms with Gasteiger partial charge in [0.05, 0.1) is 6.10 Å². The van der Waals surface area contributed by atoms with Crippen molar-refractivity contribution in [1.29, 1.82) is 0 Å². The van der Waals surface area contributed by atoms with Crippen LogP contribution in [0.3, 0.4) is 0 Å². The van der Waals surface area contributed by atoms with Crippen LogP contribution < -0.4 is 0 Å². The third-order valence-electron chi connectivity index (χ3n) is 4.32. The largest absolute Gasteiger partial charge is 0.393 e. The summed E-state index contributed by atoms with van der Waals surface area (Å²) in [6.45, 7) is 5.51. The number of likely N-dealkylation sites (tertiary alicyclic amines) is 1. The molecule has 1 N–H and O–H groups in total. The Morgan fingerprint density at radius 1 is 1.30 bits per heavy atom.